The van der Waals surface area contributed by atoms with Crippen molar-refractivity contribution in [1.29, 1.82) is 0 Å². The van der Waals surface area contributed by atoms with E-state index in [1.807, 2.05) is 6.92 Å². The molecule has 5 heteroatoms. The van der Waals surface area contributed by atoms with E-state index in [0.717, 1.165) is 0 Å². The molecule has 1 fully saturated rings. The molecule has 0 aromatic carbocycles. The summed E-state index contributed by atoms with van der Waals surface area (Å²) in [6.45, 7) is 2.59. The van der Waals surface area contributed by atoms with E-state index >= 15 is 0 Å². The van der Waals surface area contributed by atoms with Gasteiger partial charge in [-0.25, -0.2) is 0 Å². The smallest absolute Gasteiger partial charge is 0.128 e. The van der Waals surface area contributed by atoms with Crippen LogP contribution in [0.2, 0.25) is 5.82 Å². The molecule has 80 valence electrons. The third kappa shape index (κ3) is 2.11. The second-order valence-corrected chi connectivity index (χ2v) is 3.96. The molecule has 4 nitrogen and oxygen atoms in total. The summed E-state index contributed by atoms with van der Waals surface area (Å²) in [6.07, 6.45) is -0.317. The van der Waals surface area contributed by atoms with Crippen LogP contribution in [0.3, 0.4) is 0 Å². The van der Waals surface area contributed by atoms with Gasteiger partial charge in [0.15, 0.2) is 0 Å². The average Bonchev–Trinajstić information content (AvgIpc) is 2.43. The first kappa shape index (κ1) is 12.0. The highest BCUT2D eigenvalue weighted by molar-refractivity contribution is 6.11. The van der Waals surface area contributed by atoms with Crippen LogP contribution in [0.1, 0.15) is 6.92 Å². The van der Waals surface area contributed by atoms with Gasteiger partial charge in [0, 0.05) is 26.8 Å². The van der Waals surface area contributed by atoms with E-state index < -0.39 is 5.60 Å². The van der Waals surface area contributed by atoms with Crippen LogP contribution >= 0.6 is 0 Å². The fourth-order valence-electron chi connectivity index (χ4n) is 2.05. The summed E-state index contributed by atoms with van der Waals surface area (Å²) in [5, 5.41) is 13.4. The largest absolute Gasteiger partial charge is 0.383 e. The molecule has 2 radical (unpaired) electrons. The SMILES string of the molecule is [B][C@H](C)C1NC[C@](O)(COC)C1OC. The summed E-state index contributed by atoms with van der Waals surface area (Å²) in [5.74, 6) is -0.0640. The maximum atomic E-state index is 10.2. The number of aliphatic hydroxyl groups is 1. The molecule has 2 N–H and O–H groups in total. The molecule has 2 unspecified atom stereocenters. The van der Waals surface area contributed by atoms with Crippen molar-refractivity contribution in [3.63, 3.8) is 0 Å². The summed E-state index contributed by atoms with van der Waals surface area (Å²) in [6, 6.07) is -0.0276. The summed E-state index contributed by atoms with van der Waals surface area (Å²) >= 11 is 0. The summed E-state index contributed by atoms with van der Waals surface area (Å²) < 4.78 is 10.3. The number of β-amino-alcohol motifs (C(OH)–C–C–N with tert-alkyl or cyclic N) is 1. The quantitative estimate of drug-likeness (QED) is 0.589. The lowest BCUT2D eigenvalue weighted by Gasteiger charge is -2.31. The zero-order valence-corrected chi connectivity index (χ0v) is 8.99. The second kappa shape index (κ2) is 4.62. The van der Waals surface area contributed by atoms with Gasteiger partial charge >= 0.3 is 0 Å². The van der Waals surface area contributed by atoms with Gasteiger partial charge in [0.25, 0.3) is 0 Å². The molecule has 1 aliphatic rings. The maximum absolute atomic E-state index is 10.2. The Kier molecular flexibility index (Phi) is 3.95. The maximum Gasteiger partial charge on any atom is 0.128 e. The number of methoxy groups -OCH3 is 2. The van der Waals surface area contributed by atoms with E-state index in [9.17, 15) is 5.11 Å². The highest BCUT2D eigenvalue weighted by Crippen LogP contribution is 2.28. The summed E-state index contributed by atoms with van der Waals surface area (Å²) in [5.41, 5.74) is -0.970. The van der Waals surface area contributed by atoms with E-state index in [1.54, 1.807) is 14.2 Å². The van der Waals surface area contributed by atoms with E-state index in [0.29, 0.717) is 6.54 Å². The predicted molar refractivity (Wildman–Crippen MR) is 54.6 cm³/mol. The lowest BCUT2D eigenvalue weighted by Crippen LogP contribution is -2.49. The summed E-state index contributed by atoms with van der Waals surface area (Å²) in [7, 11) is 8.92. The van der Waals surface area contributed by atoms with Crippen molar-refractivity contribution in [1.82, 2.24) is 5.32 Å². The number of rotatable bonds is 4. The fourth-order valence-corrected chi connectivity index (χ4v) is 2.05. The zero-order chi connectivity index (χ0) is 10.8. The van der Waals surface area contributed by atoms with Gasteiger partial charge in [0.2, 0.25) is 0 Å². The topological polar surface area (TPSA) is 50.7 Å². The highest BCUT2D eigenvalue weighted by Gasteiger charge is 2.48. The Morgan fingerprint density at radius 3 is 2.71 bits per heavy atom. The van der Waals surface area contributed by atoms with Crippen molar-refractivity contribution < 1.29 is 14.6 Å². The first-order valence-corrected chi connectivity index (χ1v) is 4.78. The van der Waals surface area contributed by atoms with Crippen molar-refractivity contribution in [3.05, 3.63) is 0 Å². The Hall–Kier alpha value is -0.0951. The molecule has 0 amide bonds. The van der Waals surface area contributed by atoms with E-state index in [2.05, 4.69) is 5.32 Å². The predicted octanol–water partition coefficient (Wildman–Crippen LogP) is -0.672. The number of hydrogen-bond donors (Lipinski definition) is 2. The Bertz CT molecular complexity index is 191. The van der Waals surface area contributed by atoms with Crippen LogP contribution in [0, 0.1) is 0 Å². The molecule has 0 bridgehead atoms. The minimum absolute atomic E-state index is 0.0276. The van der Waals surface area contributed by atoms with Gasteiger partial charge in [-0.05, 0) is 0 Å². The highest BCUT2D eigenvalue weighted by atomic mass is 16.5. The number of hydrogen-bond acceptors (Lipinski definition) is 4. The molecule has 1 rings (SSSR count). The standard InChI is InChI=1S/C9H18BNO3/c1-6(10)7-8(14-3)9(12,4-11-7)5-13-2/h6-8,11-12H,4-5H2,1-3H3/t6-,7?,8?,9+/m1/s1. The Labute approximate surface area is 86.4 Å². The van der Waals surface area contributed by atoms with Crippen LogP contribution in [-0.4, -0.2) is 58.1 Å². The molecular formula is C9H18BNO3. The molecule has 14 heavy (non-hydrogen) atoms. The third-order valence-electron chi connectivity index (χ3n) is 2.71. The molecule has 0 spiro atoms. The van der Waals surface area contributed by atoms with Crippen LogP contribution in [0.25, 0.3) is 0 Å². The van der Waals surface area contributed by atoms with Crippen molar-refractivity contribution in [2.24, 2.45) is 0 Å². The van der Waals surface area contributed by atoms with Crippen LogP contribution in [0.5, 0.6) is 0 Å². The average molecular weight is 199 g/mol. The second-order valence-electron chi connectivity index (χ2n) is 3.96. The van der Waals surface area contributed by atoms with E-state index in [4.69, 9.17) is 17.3 Å². The summed E-state index contributed by atoms with van der Waals surface area (Å²) in [4.78, 5) is 0. The lowest BCUT2D eigenvalue weighted by atomic mass is 9.79. The normalized spacial score (nSPS) is 40.0. The minimum Gasteiger partial charge on any atom is -0.383 e. The monoisotopic (exact) mass is 199 g/mol. The Balaban J connectivity index is 2.72. The van der Waals surface area contributed by atoms with Gasteiger partial charge in [0.1, 0.15) is 11.7 Å². The first-order valence-electron chi connectivity index (χ1n) is 4.78. The van der Waals surface area contributed by atoms with Crippen molar-refractivity contribution in [2.75, 3.05) is 27.4 Å². The van der Waals surface area contributed by atoms with Crippen molar-refractivity contribution in [3.8, 4) is 0 Å². The Morgan fingerprint density at radius 1 is 1.64 bits per heavy atom. The first-order chi connectivity index (χ1) is 6.55. The van der Waals surface area contributed by atoms with E-state index in [1.165, 1.54) is 0 Å². The molecule has 0 aliphatic carbocycles. The van der Waals surface area contributed by atoms with Gasteiger partial charge < -0.3 is 19.9 Å². The van der Waals surface area contributed by atoms with E-state index in [-0.39, 0.29) is 24.6 Å². The number of nitrogens with one attached hydrogen (secondary N) is 1. The molecule has 0 aromatic heterocycles. The Morgan fingerprint density at radius 2 is 2.29 bits per heavy atom. The molecule has 1 heterocycles. The van der Waals surface area contributed by atoms with Crippen LogP contribution < -0.4 is 5.32 Å². The van der Waals surface area contributed by atoms with Crippen LogP contribution in [0.15, 0.2) is 0 Å². The van der Waals surface area contributed by atoms with Gasteiger partial charge in [0.05, 0.1) is 14.5 Å². The lowest BCUT2D eigenvalue weighted by molar-refractivity contribution is -0.105. The van der Waals surface area contributed by atoms with Gasteiger partial charge in [-0.1, -0.05) is 12.7 Å². The zero-order valence-electron chi connectivity index (χ0n) is 8.99. The van der Waals surface area contributed by atoms with Gasteiger partial charge in [-0.3, -0.25) is 0 Å². The number of ether oxygens (including phenoxy) is 2. The molecule has 1 saturated heterocycles. The van der Waals surface area contributed by atoms with Gasteiger partial charge in [-0.15, -0.1) is 0 Å². The fraction of sp³-hybridized carbons (Fsp3) is 1.00. The molecule has 0 aromatic rings. The van der Waals surface area contributed by atoms with Crippen molar-refractivity contribution >= 4 is 7.85 Å². The third-order valence-corrected chi connectivity index (χ3v) is 2.71. The minimum atomic E-state index is -0.970. The molecule has 0 saturated carbocycles. The molecule has 4 atom stereocenters. The van der Waals surface area contributed by atoms with Crippen LogP contribution in [-0.2, 0) is 9.47 Å². The van der Waals surface area contributed by atoms with Crippen molar-refractivity contribution in [2.45, 2.75) is 30.5 Å². The van der Waals surface area contributed by atoms with Gasteiger partial charge in [-0.2, -0.15) is 0 Å². The van der Waals surface area contributed by atoms with Crippen LogP contribution in [0.4, 0.5) is 0 Å². The molecule has 1 aliphatic heterocycles. The molecular weight excluding hydrogens is 181 g/mol.